The van der Waals surface area contributed by atoms with Crippen LogP contribution in [0.2, 0.25) is 0 Å². The van der Waals surface area contributed by atoms with Gasteiger partial charge in [-0.3, -0.25) is 4.79 Å². The van der Waals surface area contributed by atoms with Crippen LogP contribution in [0.25, 0.3) is 0 Å². The number of rotatable bonds is 8. The maximum absolute atomic E-state index is 13.2. The van der Waals surface area contributed by atoms with E-state index in [4.69, 9.17) is 23.7 Å². The highest BCUT2D eigenvalue weighted by Crippen LogP contribution is 2.46. The maximum Gasteiger partial charge on any atom is 0.347 e. The van der Waals surface area contributed by atoms with Gasteiger partial charge in [-0.2, -0.15) is 0 Å². The minimum Gasteiger partial charge on any atom is -0.462 e. The van der Waals surface area contributed by atoms with E-state index in [1.165, 1.54) is 13.2 Å². The Morgan fingerprint density at radius 1 is 1.38 bits per heavy atom. The van der Waals surface area contributed by atoms with Gasteiger partial charge in [-0.05, 0) is 6.92 Å². The lowest BCUT2D eigenvalue weighted by Crippen LogP contribution is -2.58. The summed E-state index contributed by atoms with van der Waals surface area (Å²) in [6.45, 7) is 9.86. The molecule has 2 fully saturated rings. The second-order valence-electron chi connectivity index (χ2n) is 6.69. The smallest absolute Gasteiger partial charge is 0.347 e. The summed E-state index contributed by atoms with van der Waals surface area (Å²) < 4.78 is 27.1. The Morgan fingerprint density at radius 2 is 2.00 bits per heavy atom. The largest absolute Gasteiger partial charge is 0.462 e. The van der Waals surface area contributed by atoms with Crippen molar-refractivity contribution in [1.82, 2.24) is 0 Å². The summed E-state index contributed by atoms with van der Waals surface area (Å²) in [7, 11) is 1.42. The van der Waals surface area contributed by atoms with Crippen LogP contribution in [0.5, 0.6) is 0 Å². The van der Waals surface area contributed by atoms with E-state index in [0.29, 0.717) is 13.2 Å². The summed E-state index contributed by atoms with van der Waals surface area (Å²) in [5.41, 5.74) is -2.82. The molecule has 2 aliphatic heterocycles. The number of methoxy groups -OCH3 is 1. The molecule has 0 bridgehead atoms. The zero-order chi connectivity index (χ0) is 18.0. The number of carbonyl (C=O) groups is 2. The van der Waals surface area contributed by atoms with E-state index >= 15 is 0 Å². The number of hydrogen-bond donors (Lipinski definition) is 0. The third kappa shape index (κ3) is 2.79. The number of ether oxygens (including phenoxy) is 5. The molecule has 2 heterocycles. The molecule has 2 aliphatic rings. The normalized spacial score (nSPS) is 32.1. The predicted molar refractivity (Wildman–Crippen MR) is 84.1 cm³/mol. The summed E-state index contributed by atoms with van der Waals surface area (Å²) in [5.74, 6) is -2.33. The van der Waals surface area contributed by atoms with Gasteiger partial charge in [-0.25, -0.2) is 4.79 Å². The second kappa shape index (κ2) is 6.92. The average molecular weight is 342 g/mol. The molecule has 0 unspecified atom stereocenters. The molecule has 0 aliphatic carbocycles. The summed E-state index contributed by atoms with van der Waals surface area (Å²) >= 11 is 0. The standard InChI is InChI=1S/C17H26O7/c1-6-15(4)10-21-14(19)17(15,24-11-20-5)13(18)9-16(12(2)3)22-7-8-23-16/h6,12H,1,7-11H2,2-5H3/t15-,17+/m0/s1. The molecule has 0 amide bonds. The Morgan fingerprint density at radius 3 is 2.50 bits per heavy atom. The molecule has 0 saturated carbocycles. The number of ketones is 1. The zero-order valence-corrected chi connectivity index (χ0v) is 14.8. The topological polar surface area (TPSA) is 80.3 Å². The van der Waals surface area contributed by atoms with Crippen LogP contribution in [-0.4, -0.2) is 56.9 Å². The van der Waals surface area contributed by atoms with Crippen molar-refractivity contribution in [2.24, 2.45) is 11.3 Å². The summed E-state index contributed by atoms with van der Waals surface area (Å²) in [4.78, 5) is 25.7. The number of carbonyl (C=O) groups excluding carboxylic acids is 2. The molecule has 2 saturated heterocycles. The minimum absolute atomic E-state index is 0.0151. The fourth-order valence-corrected chi connectivity index (χ4v) is 3.20. The molecule has 0 N–H and O–H groups in total. The first kappa shape index (κ1) is 19.1. The fraction of sp³-hybridized carbons (Fsp3) is 0.765. The van der Waals surface area contributed by atoms with Crippen molar-refractivity contribution in [2.75, 3.05) is 33.7 Å². The molecule has 0 spiro atoms. The van der Waals surface area contributed by atoms with Gasteiger partial charge in [0.05, 0.1) is 25.0 Å². The van der Waals surface area contributed by atoms with Crippen molar-refractivity contribution in [3.05, 3.63) is 12.7 Å². The molecule has 136 valence electrons. The van der Waals surface area contributed by atoms with Gasteiger partial charge in [0.15, 0.2) is 11.6 Å². The predicted octanol–water partition coefficient (Wildman–Crippen LogP) is 1.45. The Balaban J connectivity index is 2.39. The molecular formula is C17H26O7. The van der Waals surface area contributed by atoms with Gasteiger partial charge in [0.25, 0.3) is 0 Å². The first-order valence-corrected chi connectivity index (χ1v) is 8.03. The quantitative estimate of drug-likeness (QED) is 0.286. The van der Waals surface area contributed by atoms with E-state index in [-0.39, 0.29) is 25.7 Å². The lowest BCUT2D eigenvalue weighted by atomic mass is 9.71. The lowest BCUT2D eigenvalue weighted by Gasteiger charge is -2.38. The summed E-state index contributed by atoms with van der Waals surface area (Å²) in [5, 5.41) is 0. The van der Waals surface area contributed by atoms with Gasteiger partial charge >= 0.3 is 5.97 Å². The molecule has 2 atom stereocenters. The van der Waals surface area contributed by atoms with Gasteiger partial charge in [-0.1, -0.05) is 19.9 Å². The summed E-state index contributed by atoms with van der Waals surface area (Å²) in [6, 6.07) is 0. The number of hydrogen-bond acceptors (Lipinski definition) is 7. The average Bonchev–Trinajstić information content (AvgIpc) is 3.12. The van der Waals surface area contributed by atoms with Crippen molar-refractivity contribution in [3.8, 4) is 0 Å². The number of Topliss-reactive ketones (excluding diaryl/α,β-unsaturated/α-hetero) is 1. The molecule has 7 nitrogen and oxygen atoms in total. The first-order chi connectivity index (χ1) is 11.3. The van der Waals surface area contributed by atoms with Crippen molar-refractivity contribution in [1.29, 1.82) is 0 Å². The Labute approximate surface area is 142 Å². The van der Waals surface area contributed by atoms with Crippen molar-refractivity contribution < 1.29 is 33.3 Å². The van der Waals surface area contributed by atoms with Crippen LogP contribution in [0.15, 0.2) is 12.7 Å². The Bertz CT molecular complexity index is 509. The molecule has 0 aromatic heterocycles. The van der Waals surface area contributed by atoms with E-state index in [0.717, 1.165) is 0 Å². The molecule has 7 heteroatoms. The van der Waals surface area contributed by atoms with Crippen LogP contribution in [-0.2, 0) is 33.3 Å². The van der Waals surface area contributed by atoms with Crippen LogP contribution in [0.1, 0.15) is 27.2 Å². The van der Waals surface area contributed by atoms with Crippen LogP contribution in [0.3, 0.4) is 0 Å². The SMILES string of the molecule is C=C[C@@]1(C)COC(=O)[C@]1(OCOC)C(=O)CC1(C(C)C)OCCO1. The van der Waals surface area contributed by atoms with Crippen LogP contribution >= 0.6 is 0 Å². The van der Waals surface area contributed by atoms with Gasteiger partial charge in [0.1, 0.15) is 13.4 Å². The molecule has 24 heavy (non-hydrogen) atoms. The van der Waals surface area contributed by atoms with E-state index in [1.54, 1.807) is 6.92 Å². The maximum atomic E-state index is 13.2. The monoisotopic (exact) mass is 342 g/mol. The first-order valence-electron chi connectivity index (χ1n) is 8.03. The highest BCUT2D eigenvalue weighted by atomic mass is 16.7. The van der Waals surface area contributed by atoms with Crippen LogP contribution in [0, 0.1) is 11.3 Å². The van der Waals surface area contributed by atoms with Gasteiger partial charge in [0, 0.05) is 13.0 Å². The van der Waals surface area contributed by atoms with E-state index in [2.05, 4.69) is 6.58 Å². The number of esters is 1. The van der Waals surface area contributed by atoms with E-state index in [9.17, 15) is 9.59 Å². The molecule has 0 radical (unpaired) electrons. The van der Waals surface area contributed by atoms with Crippen molar-refractivity contribution in [2.45, 2.75) is 38.6 Å². The molecule has 2 rings (SSSR count). The third-order valence-corrected chi connectivity index (χ3v) is 4.89. The summed E-state index contributed by atoms with van der Waals surface area (Å²) in [6.07, 6.45) is 1.40. The van der Waals surface area contributed by atoms with Crippen molar-refractivity contribution in [3.63, 3.8) is 0 Å². The molecule has 0 aromatic carbocycles. The van der Waals surface area contributed by atoms with Gasteiger partial charge in [-0.15, -0.1) is 6.58 Å². The second-order valence-corrected chi connectivity index (χ2v) is 6.69. The molecular weight excluding hydrogens is 316 g/mol. The van der Waals surface area contributed by atoms with E-state index < -0.39 is 28.6 Å². The highest BCUT2D eigenvalue weighted by Gasteiger charge is 2.66. The highest BCUT2D eigenvalue weighted by molar-refractivity contribution is 6.10. The van der Waals surface area contributed by atoms with Gasteiger partial charge < -0.3 is 23.7 Å². The Kier molecular flexibility index (Phi) is 5.49. The minimum atomic E-state index is -1.82. The fourth-order valence-electron chi connectivity index (χ4n) is 3.20. The Hall–Kier alpha value is -1.28. The number of cyclic esters (lactones) is 1. The molecule has 0 aromatic rings. The van der Waals surface area contributed by atoms with Gasteiger partial charge in [0.2, 0.25) is 5.60 Å². The third-order valence-electron chi connectivity index (χ3n) is 4.89. The van der Waals surface area contributed by atoms with Crippen LogP contribution < -0.4 is 0 Å². The zero-order valence-electron chi connectivity index (χ0n) is 14.8. The van der Waals surface area contributed by atoms with E-state index in [1.807, 2.05) is 13.8 Å². The van der Waals surface area contributed by atoms with Crippen LogP contribution in [0.4, 0.5) is 0 Å². The van der Waals surface area contributed by atoms with Crippen molar-refractivity contribution >= 4 is 11.8 Å². The lowest BCUT2D eigenvalue weighted by molar-refractivity contribution is -0.211.